The molecule has 1 aromatic carbocycles. The SMILES string of the molecule is CCOC(=O)C[C@H]1c2cc(F)ccc2S(=O)(=O)N1C1CC1. The Morgan fingerprint density at radius 2 is 2.14 bits per heavy atom. The highest BCUT2D eigenvalue weighted by molar-refractivity contribution is 7.89. The number of hydrogen-bond donors (Lipinski definition) is 0. The maximum absolute atomic E-state index is 13.5. The fourth-order valence-corrected chi connectivity index (χ4v) is 4.88. The highest BCUT2D eigenvalue weighted by Crippen LogP contribution is 2.47. The Balaban J connectivity index is 2.03. The maximum atomic E-state index is 13.5. The van der Waals surface area contributed by atoms with Gasteiger partial charge in [0.1, 0.15) is 5.82 Å². The van der Waals surface area contributed by atoms with Crippen molar-refractivity contribution in [3.05, 3.63) is 29.6 Å². The molecule has 3 rings (SSSR count). The molecule has 21 heavy (non-hydrogen) atoms. The highest BCUT2D eigenvalue weighted by Gasteiger charge is 2.50. The Morgan fingerprint density at radius 1 is 1.43 bits per heavy atom. The normalized spacial score (nSPS) is 23.8. The van der Waals surface area contributed by atoms with Gasteiger partial charge in [0, 0.05) is 6.04 Å². The number of rotatable bonds is 4. The third-order valence-corrected chi connectivity index (χ3v) is 5.80. The van der Waals surface area contributed by atoms with Crippen molar-refractivity contribution in [3.63, 3.8) is 0 Å². The second kappa shape index (κ2) is 5.06. The Bertz CT molecular complexity index is 684. The van der Waals surface area contributed by atoms with Gasteiger partial charge in [0.05, 0.1) is 24.0 Å². The smallest absolute Gasteiger partial charge is 0.307 e. The van der Waals surface area contributed by atoms with E-state index < -0.39 is 27.9 Å². The minimum atomic E-state index is -3.65. The molecule has 7 heteroatoms. The van der Waals surface area contributed by atoms with Crippen LogP contribution in [-0.2, 0) is 19.6 Å². The highest BCUT2D eigenvalue weighted by atomic mass is 32.2. The second-order valence-electron chi connectivity index (χ2n) is 5.27. The van der Waals surface area contributed by atoms with Crippen LogP contribution in [0.3, 0.4) is 0 Å². The molecule has 1 aliphatic heterocycles. The number of esters is 1. The van der Waals surface area contributed by atoms with E-state index in [9.17, 15) is 17.6 Å². The molecular formula is C14H16FNO4S. The molecule has 1 aliphatic carbocycles. The third kappa shape index (κ3) is 2.44. The van der Waals surface area contributed by atoms with Gasteiger partial charge in [-0.3, -0.25) is 4.79 Å². The first kappa shape index (κ1) is 14.5. The number of nitrogens with zero attached hydrogens (tertiary/aromatic N) is 1. The summed E-state index contributed by atoms with van der Waals surface area (Å²) >= 11 is 0. The molecule has 0 amide bonds. The molecule has 0 N–H and O–H groups in total. The Morgan fingerprint density at radius 3 is 2.76 bits per heavy atom. The van der Waals surface area contributed by atoms with Crippen molar-refractivity contribution in [2.75, 3.05) is 6.61 Å². The van der Waals surface area contributed by atoms with Gasteiger partial charge in [-0.25, -0.2) is 12.8 Å². The van der Waals surface area contributed by atoms with Crippen LogP contribution in [0.2, 0.25) is 0 Å². The van der Waals surface area contributed by atoms with Gasteiger partial charge in [-0.2, -0.15) is 4.31 Å². The summed E-state index contributed by atoms with van der Waals surface area (Å²) in [6.45, 7) is 1.92. The van der Waals surface area contributed by atoms with Gasteiger partial charge in [-0.05, 0) is 43.5 Å². The summed E-state index contributed by atoms with van der Waals surface area (Å²) in [5.74, 6) is -0.976. The van der Waals surface area contributed by atoms with Crippen LogP contribution >= 0.6 is 0 Å². The number of fused-ring (bicyclic) bond motifs is 1. The molecule has 0 unspecified atom stereocenters. The Kier molecular flexibility index (Phi) is 3.49. The van der Waals surface area contributed by atoms with Gasteiger partial charge in [0.15, 0.2) is 0 Å². The van der Waals surface area contributed by atoms with E-state index >= 15 is 0 Å². The lowest BCUT2D eigenvalue weighted by Crippen LogP contribution is -2.32. The summed E-state index contributed by atoms with van der Waals surface area (Å²) in [6.07, 6.45) is 1.46. The van der Waals surface area contributed by atoms with Crippen molar-refractivity contribution in [1.29, 1.82) is 0 Å². The van der Waals surface area contributed by atoms with Gasteiger partial charge >= 0.3 is 5.97 Å². The van der Waals surface area contributed by atoms with Crippen molar-refractivity contribution in [3.8, 4) is 0 Å². The van der Waals surface area contributed by atoms with Gasteiger partial charge in [0.2, 0.25) is 10.0 Å². The average molecular weight is 313 g/mol. The zero-order chi connectivity index (χ0) is 15.2. The zero-order valence-corrected chi connectivity index (χ0v) is 12.4. The van der Waals surface area contributed by atoms with Crippen molar-refractivity contribution < 1.29 is 22.3 Å². The van der Waals surface area contributed by atoms with Crippen LogP contribution in [0.1, 0.15) is 37.8 Å². The Labute approximate surface area is 122 Å². The molecular weight excluding hydrogens is 297 g/mol. The summed E-state index contributed by atoms with van der Waals surface area (Å²) in [5, 5.41) is 0. The van der Waals surface area contributed by atoms with E-state index in [0.717, 1.165) is 18.9 Å². The lowest BCUT2D eigenvalue weighted by atomic mass is 10.0. The van der Waals surface area contributed by atoms with Crippen molar-refractivity contribution in [1.82, 2.24) is 4.31 Å². The summed E-state index contributed by atoms with van der Waals surface area (Å²) in [4.78, 5) is 11.9. The summed E-state index contributed by atoms with van der Waals surface area (Å²) < 4.78 is 44.9. The molecule has 5 nitrogen and oxygen atoms in total. The lowest BCUT2D eigenvalue weighted by molar-refractivity contribution is -0.144. The Hall–Kier alpha value is -1.47. The van der Waals surface area contributed by atoms with Crippen LogP contribution in [0.25, 0.3) is 0 Å². The van der Waals surface area contributed by atoms with Gasteiger partial charge in [0.25, 0.3) is 0 Å². The van der Waals surface area contributed by atoms with E-state index in [2.05, 4.69) is 0 Å². The molecule has 1 atom stereocenters. The first-order valence-corrected chi connectivity index (χ1v) is 8.37. The molecule has 0 aromatic heterocycles. The van der Waals surface area contributed by atoms with Crippen LogP contribution in [0.15, 0.2) is 23.1 Å². The van der Waals surface area contributed by atoms with Gasteiger partial charge < -0.3 is 4.74 Å². The number of hydrogen-bond acceptors (Lipinski definition) is 4. The predicted octanol–water partition coefficient (Wildman–Crippen LogP) is 1.99. The monoisotopic (exact) mass is 313 g/mol. The average Bonchev–Trinajstić information content (AvgIpc) is 3.19. The summed E-state index contributed by atoms with van der Waals surface area (Å²) in [5.41, 5.74) is 0.356. The summed E-state index contributed by atoms with van der Waals surface area (Å²) in [6, 6.07) is 2.87. The quantitative estimate of drug-likeness (QED) is 0.798. The number of halogens is 1. The molecule has 1 saturated carbocycles. The number of carbonyl (C=O) groups excluding carboxylic acids is 1. The summed E-state index contributed by atoms with van der Waals surface area (Å²) in [7, 11) is -3.65. The number of sulfonamides is 1. The van der Waals surface area contributed by atoms with E-state index in [1.807, 2.05) is 0 Å². The second-order valence-corrected chi connectivity index (χ2v) is 7.08. The maximum Gasteiger partial charge on any atom is 0.307 e. The topological polar surface area (TPSA) is 63.7 Å². The third-order valence-electron chi connectivity index (χ3n) is 3.77. The molecule has 0 saturated heterocycles. The minimum absolute atomic E-state index is 0.0833. The number of benzene rings is 1. The van der Waals surface area contributed by atoms with Crippen LogP contribution in [0.4, 0.5) is 4.39 Å². The lowest BCUT2D eigenvalue weighted by Gasteiger charge is -2.22. The van der Waals surface area contributed by atoms with Crippen LogP contribution < -0.4 is 0 Å². The molecule has 0 radical (unpaired) electrons. The molecule has 1 fully saturated rings. The van der Waals surface area contributed by atoms with E-state index in [1.165, 1.54) is 16.4 Å². The molecule has 1 heterocycles. The first-order valence-electron chi connectivity index (χ1n) is 6.93. The van der Waals surface area contributed by atoms with Crippen molar-refractivity contribution in [2.45, 2.75) is 43.2 Å². The predicted molar refractivity (Wildman–Crippen MR) is 72.4 cm³/mol. The zero-order valence-electron chi connectivity index (χ0n) is 11.6. The molecule has 0 spiro atoms. The van der Waals surface area contributed by atoms with Crippen LogP contribution in [0.5, 0.6) is 0 Å². The van der Waals surface area contributed by atoms with E-state index in [0.29, 0.717) is 5.56 Å². The first-order chi connectivity index (χ1) is 9.95. The van der Waals surface area contributed by atoms with Crippen LogP contribution in [-0.4, -0.2) is 31.3 Å². The van der Waals surface area contributed by atoms with Crippen molar-refractivity contribution >= 4 is 16.0 Å². The van der Waals surface area contributed by atoms with E-state index in [-0.39, 0.29) is 24.0 Å². The number of carbonyl (C=O) groups is 1. The largest absolute Gasteiger partial charge is 0.466 e. The number of ether oxygens (including phenoxy) is 1. The molecule has 2 aliphatic rings. The van der Waals surface area contributed by atoms with Crippen LogP contribution in [0, 0.1) is 5.82 Å². The van der Waals surface area contributed by atoms with E-state index in [1.54, 1.807) is 6.92 Å². The molecule has 114 valence electrons. The molecule has 1 aromatic rings. The fourth-order valence-electron chi connectivity index (χ4n) is 2.79. The molecule has 0 bridgehead atoms. The van der Waals surface area contributed by atoms with Gasteiger partial charge in [-0.1, -0.05) is 0 Å². The minimum Gasteiger partial charge on any atom is -0.466 e. The fraction of sp³-hybridized carbons (Fsp3) is 0.500. The van der Waals surface area contributed by atoms with Crippen molar-refractivity contribution in [2.24, 2.45) is 0 Å². The standard InChI is InChI=1S/C14H16FNO4S/c1-2-20-14(17)8-12-11-7-9(15)3-6-13(11)21(18,19)16(12)10-4-5-10/h3,6-7,10,12H,2,4-5,8H2,1H3/t12-/m0/s1. The van der Waals surface area contributed by atoms with Gasteiger partial charge in [-0.15, -0.1) is 0 Å². The van der Waals surface area contributed by atoms with E-state index in [4.69, 9.17) is 4.74 Å².